The molecule has 2 N–H and O–H groups in total. The first-order valence-corrected chi connectivity index (χ1v) is 7.54. The van der Waals surface area contributed by atoms with Crippen molar-refractivity contribution >= 4 is 5.91 Å². The first-order valence-electron chi connectivity index (χ1n) is 7.54. The molecule has 1 saturated heterocycles. The van der Waals surface area contributed by atoms with Crippen LogP contribution in [0.1, 0.15) is 31.2 Å². The summed E-state index contributed by atoms with van der Waals surface area (Å²) >= 11 is 0. The van der Waals surface area contributed by atoms with Crippen molar-refractivity contribution in [3.8, 4) is 0 Å². The van der Waals surface area contributed by atoms with Crippen molar-refractivity contribution in [3.05, 3.63) is 35.4 Å². The quantitative estimate of drug-likeness (QED) is 0.928. The van der Waals surface area contributed by atoms with Crippen LogP contribution < -0.4 is 5.73 Å². The lowest BCUT2D eigenvalue weighted by Gasteiger charge is -2.25. The molecule has 1 aliphatic rings. The van der Waals surface area contributed by atoms with Crippen LogP contribution in [0.4, 0.5) is 8.78 Å². The number of likely N-dealkylation sites (tertiary alicyclic amines) is 1. The van der Waals surface area contributed by atoms with E-state index in [-0.39, 0.29) is 18.9 Å². The van der Waals surface area contributed by atoms with E-state index in [1.165, 1.54) is 12.1 Å². The van der Waals surface area contributed by atoms with Gasteiger partial charge < -0.3 is 10.6 Å². The molecule has 116 valence electrons. The van der Waals surface area contributed by atoms with Gasteiger partial charge in [0.05, 0.1) is 5.92 Å². The average Bonchev–Trinajstić information content (AvgIpc) is 2.75. The van der Waals surface area contributed by atoms with Crippen LogP contribution in [-0.2, 0) is 11.2 Å². The van der Waals surface area contributed by atoms with E-state index in [9.17, 15) is 13.6 Å². The van der Waals surface area contributed by atoms with E-state index in [2.05, 4.69) is 0 Å². The third kappa shape index (κ3) is 4.24. The second kappa shape index (κ2) is 7.50. The Morgan fingerprint density at radius 3 is 2.43 bits per heavy atom. The summed E-state index contributed by atoms with van der Waals surface area (Å²) in [6, 6.07) is 3.45. The number of nitrogens with two attached hydrogens (primary N) is 1. The molecule has 0 saturated carbocycles. The number of carbonyl (C=O) groups excluding carboxylic acids is 1. The van der Waals surface area contributed by atoms with E-state index in [0.29, 0.717) is 5.56 Å². The summed E-state index contributed by atoms with van der Waals surface area (Å²) in [5.74, 6) is -1.68. The predicted octanol–water partition coefficient (Wildman–Crippen LogP) is 2.48. The topological polar surface area (TPSA) is 46.3 Å². The maximum absolute atomic E-state index is 13.7. The summed E-state index contributed by atoms with van der Waals surface area (Å²) in [4.78, 5) is 14.4. The van der Waals surface area contributed by atoms with Crippen LogP contribution in [0.5, 0.6) is 0 Å². The molecule has 0 bridgehead atoms. The first kappa shape index (κ1) is 15.9. The van der Waals surface area contributed by atoms with Gasteiger partial charge in [-0.3, -0.25) is 4.79 Å². The van der Waals surface area contributed by atoms with Gasteiger partial charge in [-0.2, -0.15) is 0 Å². The van der Waals surface area contributed by atoms with E-state index >= 15 is 0 Å². The van der Waals surface area contributed by atoms with E-state index in [4.69, 9.17) is 5.73 Å². The van der Waals surface area contributed by atoms with Crippen molar-refractivity contribution in [3.63, 3.8) is 0 Å². The van der Waals surface area contributed by atoms with Crippen LogP contribution in [0.2, 0.25) is 0 Å². The Hall–Kier alpha value is -1.49. The normalized spacial score (nSPS) is 17.4. The predicted molar refractivity (Wildman–Crippen MR) is 77.7 cm³/mol. The van der Waals surface area contributed by atoms with Gasteiger partial charge in [0.15, 0.2) is 0 Å². The Balaban J connectivity index is 2.05. The third-order valence-corrected chi connectivity index (χ3v) is 4.03. The molecule has 1 fully saturated rings. The van der Waals surface area contributed by atoms with Crippen molar-refractivity contribution < 1.29 is 13.6 Å². The Kier molecular flexibility index (Phi) is 5.67. The summed E-state index contributed by atoms with van der Waals surface area (Å²) in [5, 5.41) is 0. The highest BCUT2D eigenvalue weighted by Crippen LogP contribution is 2.18. The molecule has 1 unspecified atom stereocenters. The molecule has 1 aromatic rings. The lowest BCUT2D eigenvalue weighted by molar-refractivity contribution is -0.135. The number of hydrogen-bond donors (Lipinski definition) is 1. The van der Waals surface area contributed by atoms with Gasteiger partial charge in [0.2, 0.25) is 5.91 Å². The zero-order valence-electron chi connectivity index (χ0n) is 12.2. The molecule has 1 aromatic carbocycles. The van der Waals surface area contributed by atoms with Crippen LogP contribution in [0.3, 0.4) is 0 Å². The summed E-state index contributed by atoms with van der Waals surface area (Å²) < 4.78 is 26.6. The second-order valence-corrected chi connectivity index (χ2v) is 5.61. The molecule has 0 aromatic heterocycles. The molecular weight excluding hydrogens is 274 g/mol. The van der Waals surface area contributed by atoms with Crippen molar-refractivity contribution in [2.24, 2.45) is 11.7 Å². The monoisotopic (exact) mass is 296 g/mol. The molecule has 1 aliphatic heterocycles. The fraction of sp³-hybridized carbons (Fsp3) is 0.562. The van der Waals surface area contributed by atoms with Gasteiger partial charge >= 0.3 is 0 Å². The third-order valence-electron chi connectivity index (χ3n) is 4.03. The smallest absolute Gasteiger partial charge is 0.227 e. The molecule has 3 nitrogen and oxygen atoms in total. The molecule has 1 atom stereocenters. The molecule has 5 heteroatoms. The molecule has 2 rings (SSSR count). The SMILES string of the molecule is NCC(Cc1ccc(F)cc1F)C(=O)N1CCCCCC1. The standard InChI is InChI=1S/C16H22F2N2O/c17-14-6-5-12(15(18)10-14)9-13(11-19)16(21)20-7-3-1-2-4-8-20/h5-6,10,13H,1-4,7-9,11,19H2. The van der Waals surface area contributed by atoms with Crippen molar-refractivity contribution in [1.82, 2.24) is 4.90 Å². The summed E-state index contributed by atoms with van der Waals surface area (Å²) in [6.45, 7) is 1.68. The lowest BCUT2D eigenvalue weighted by Crippen LogP contribution is -2.40. The fourth-order valence-corrected chi connectivity index (χ4v) is 2.77. The van der Waals surface area contributed by atoms with E-state index in [1.807, 2.05) is 4.90 Å². The minimum atomic E-state index is -0.614. The zero-order valence-corrected chi connectivity index (χ0v) is 12.2. The number of rotatable bonds is 4. The maximum atomic E-state index is 13.7. The maximum Gasteiger partial charge on any atom is 0.227 e. The Morgan fingerprint density at radius 2 is 1.86 bits per heavy atom. The zero-order chi connectivity index (χ0) is 15.2. The van der Waals surface area contributed by atoms with Gasteiger partial charge in [0.1, 0.15) is 11.6 Å². The number of amides is 1. The minimum Gasteiger partial charge on any atom is -0.342 e. The largest absolute Gasteiger partial charge is 0.342 e. The van der Waals surface area contributed by atoms with Crippen LogP contribution in [0.25, 0.3) is 0 Å². The average molecular weight is 296 g/mol. The Bertz CT molecular complexity index is 485. The fourth-order valence-electron chi connectivity index (χ4n) is 2.77. The van der Waals surface area contributed by atoms with Crippen LogP contribution in [0, 0.1) is 17.6 Å². The van der Waals surface area contributed by atoms with E-state index in [1.54, 1.807) is 0 Å². The van der Waals surface area contributed by atoms with E-state index < -0.39 is 17.6 Å². The highest BCUT2D eigenvalue weighted by molar-refractivity contribution is 5.79. The second-order valence-electron chi connectivity index (χ2n) is 5.61. The van der Waals surface area contributed by atoms with E-state index in [0.717, 1.165) is 44.8 Å². The molecular formula is C16H22F2N2O. The highest BCUT2D eigenvalue weighted by Gasteiger charge is 2.25. The highest BCUT2D eigenvalue weighted by atomic mass is 19.1. The molecule has 0 aliphatic carbocycles. The molecule has 21 heavy (non-hydrogen) atoms. The lowest BCUT2D eigenvalue weighted by atomic mass is 9.97. The van der Waals surface area contributed by atoms with Gasteiger partial charge in [-0.05, 0) is 30.9 Å². The number of halogens is 2. The van der Waals surface area contributed by atoms with Crippen LogP contribution >= 0.6 is 0 Å². The van der Waals surface area contributed by atoms with Crippen molar-refractivity contribution in [1.29, 1.82) is 0 Å². The number of carbonyl (C=O) groups is 1. The van der Waals surface area contributed by atoms with Crippen molar-refractivity contribution in [2.75, 3.05) is 19.6 Å². The van der Waals surface area contributed by atoms with Crippen LogP contribution in [0.15, 0.2) is 18.2 Å². The van der Waals surface area contributed by atoms with Gasteiger partial charge in [-0.15, -0.1) is 0 Å². The molecule has 1 amide bonds. The number of hydrogen-bond acceptors (Lipinski definition) is 2. The first-order chi connectivity index (χ1) is 10.1. The summed E-state index contributed by atoms with van der Waals surface area (Å²) in [5.41, 5.74) is 6.05. The summed E-state index contributed by atoms with van der Waals surface area (Å²) in [6.07, 6.45) is 4.52. The van der Waals surface area contributed by atoms with Gasteiger partial charge in [0, 0.05) is 25.7 Å². The molecule has 0 spiro atoms. The van der Waals surface area contributed by atoms with Crippen molar-refractivity contribution in [2.45, 2.75) is 32.1 Å². The molecule has 0 radical (unpaired) electrons. The number of nitrogens with zero attached hydrogens (tertiary/aromatic N) is 1. The Labute approximate surface area is 124 Å². The van der Waals surface area contributed by atoms with Gasteiger partial charge in [-0.25, -0.2) is 8.78 Å². The minimum absolute atomic E-state index is 0.0110. The molecule has 1 heterocycles. The van der Waals surface area contributed by atoms with Crippen LogP contribution in [-0.4, -0.2) is 30.4 Å². The Morgan fingerprint density at radius 1 is 1.19 bits per heavy atom. The summed E-state index contributed by atoms with van der Waals surface area (Å²) in [7, 11) is 0. The van der Waals surface area contributed by atoms with Gasteiger partial charge in [0.25, 0.3) is 0 Å². The number of benzene rings is 1. The van der Waals surface area contributed by atoms with Gasteiger partial charge in [-0.1, -0.05) is 18.9 Å².